The molecule has 0 spiro atoms. The lowest BCUT2D eigenvalue weighted by atomic mass is 9.81. The van der Waals surface area contributed by atoms with Crippen LogP contribution in [0.15, 0.2) is 0 Å². The van der Waals surface area contributed by atoms with Crippen molar-refractivity contribution in [1.82, 2.24) is 0 Å². The van der Waals surface area contributed by atoms with Crippen molar-refractivity contribution in [3.63, 3.8) is 0 Å². The molecule has 0 amide bonds. The number of ether oxygens (including phenoxy) is 1. The van der Waals surface area contributed by atoms with E-state index in [2.05, 4.69) is 6.92 Å². The van der Waals surface area contributed by atoms with Crippen LogP contribution in [0.1, 0.15) is 117 Å². The largest absolute Gasteiger partial charge is 0.481 e. The molecule has 1 aliphatic carbocycles. The van der Waals surface area contributed by atoms with Crippen molar-refractivity contribution >= 4 is 11.9 Å². The second kappa shape index (κ2) is 14.9. The normalized spacial score (nSPS) is 21.0. The molecule has 0 aromatic heterocycles. The molecule has 158 valence electrons. The van der Waals surface area contributed by atoms with Crippen LogP contribution in [0.2, 0.25) is 0 Å². The molecule has 4 heteroatoms. The molecule has 0 saturated heterocycles. The first-order chi connectivity index (χ1) is 13.0. The molecule has 1 N–H and O–H groups in total. The number of esters is 1. The summed E-state index contributed by atoms with van der Waals surface area (Å²) in [5.74, 6) is -1.56. The van der Waals surface area contributed by atoms with Gasteiger partial charge in [-0.25, -0.2) is 0 Å². The maximum absolute atomic E-state index is 12.3. The van der Waals surface area contributed by atoms with Gasteiger partial charge >= 0.3 is 11.9 Å². The first kappa shape index (κ1) is 24.0. The van der Waals surface area contributed by atoms with E-state index in [1.807, 2.05) is 6.92 Å². The number of hydrogen-bond acceptors (Lipinski definition) is 3. The summed E-state index contributed by atoms with van der Waals surface area (Å²) >= 11 is 0. The Balaban J connectivity index is 2.00. The standard InChI is InChI=1S/C23H42O4/c1-3-4-5-6-7-8-9-10-11-12-13-15-19(2)27-23(26)21-17-14-16-20(18-21)22(24)25/h19-21H,3-18H2,1-2H3,(H,24,25). The number of carbonyl (C=O) groups is 2. The molecule has 1 saturated carbocycles. The number of unbranched alkanes of at least 4 members (excludes halogenated alkanes) is 10. The second-order valence-electron chi connectivity index (χ2n) is 8.47. The average molecular weight is 383 g/mol. The Kier molecular flexibility index (Phi) is 13.3. The minimum Gasteiger partial charge on any atom is -0.481 e. The molecule has 27 heavy (non-hydrogen) atoms. The molecule has 0 bridgehead atoms. The van der Waals surface area contributed by atoms with Gasteiger partial charge in [0.2, 0.25) is 0 Å². The van der Waals surface area contributed by atoms with Crippen molar-refractivity contribution in [2.24, 2.45) is 11.8 Å². The van der Waals surface area contributed by atoms with Gasteiger partial charge in [0, 0.05) is 0 Å². The van der Waals surface area contributed by atoms with Crippen molar-refractivity contribution < 1.29 is 19.4 Å². The summed E-state index contributed by atoms with van der Waals surface area (Å²) in [6.45, 7) is 4.22. The van der Waals surface area contributed by atoms with Gasteiger partial charge in [-0.2, -0.15) is 0 Å². The van der Waals surface area contributed by atoms with Gasteiger partial charge in [-0.1, -0.05) is 77.6 Å². The Morgan fingerprint density at radius 1 is 0.889 bits per heavy atom. The number of aliphatic carboxylic acids is 1. The van der Waals surface area contributed by atoms with E-state index in [1.165, 1.54) is 64.2 Å². The van der Waals surface area contributed by atoms with Gasteiger partial charge in [0.05, 0.1) is 17.9 Å². The average Bonchev–Trinajstić information content (AvgIpc) is 2.66. The van der Waals surface area contributed by atoms with E-state index in [4.69, 9.17) is 9.84 Å². The molecule has 3 atom stereocenters. The van der Waals surface area contributed by atoms with Crippen LogP contribution in [0, 0.1) is 11.8 Å². The summed E-state index contributed by atoms with van der Waals surface area (Å²) in [7, 11) is 0. The SMILES string of the molecule is CCCCCCCCCCCCCC(C)OC(=O)C1CCCC(C(=O)O)C1. The van der Waals surface area contributed by atoms with Crippen molar-refractivity contribution in [3.8, 4) is 0 Å². The highest BCUT2D eigenvalue weighted by atomic mass is 16.5. The maximum atomic E-state index is 12.3. The fourth-order valence-corrected chi connectivity index (χ4v) is 4.08. The molecule has 1 fully saturated rings. The summed E-state index contributed by atoms with van der Waals surface area (Å²) in [5, 5.41) is 9.14. The molecular formula is C23H42O4. The van der Waals surface area contributed by atoms with Gasteiger partial charge < -0.3 is 9.84 Å². The van der Waals surface area contributed by atoms with Crippen molar-refractivity contribution in [2.75, 3.05) is 0 Å². The first-order valence-electron chi connectivity index (χ1n) is 11.5. The third kappa shape index (κ3) is 11.4. The van der Waals surface area contributed by atoms with E-state index >= 15 is 0 Å². The van der Waals surface area contributed by atoms with E-state index in [0.717, 1.165) is 25.7 Å². The number of carboxylic acids is 1. The third-order valence-corrected chi connectivity index (χ3v) is 5.89. The Morgan fingerprint density at radius 3 is 1.96 bits per heavy atom. The molecule has 4 nitrogen and oxygen atoms in total. The number of rotatable bonds is 15. The summed E-state index contributed by atoms with van der Waals surface area (Å²) in [6.07, 6.45) is 18.1. The van der Waals surface area contributed by atoms with E-state index in [0.29, 0.717) is 12.8 Å². The van der Waals surface area contributed by atoms with Crippen LogP contribution in [0.4, 0.5) is 0 Å². The highest BCUT2D eigenvalue weighted by Gasteiger charge is 2.32. The zero-order valence-electron chi connectivity index (χ0n) is 17.7. The van der Waals surface area contributed by atoms with Crippen molar-refractivity contribution in [2.45, 2.75) is 123 Å². The Morgan fingerprint density at radius 2 is 1.41 bits per heavy atom. The number of hydrogen-bond donors (Lipinski definition) is 1. The van der Waals surface area contributed by atoms with Crippen LogP contribution in [0.3, 0.4) is 0 Å². The van der Waals surface area contributed by atoms with E-state index < -0.39 is 5.97 Å². The number of carboxylic acid groups (broad SMARTS) is 1. The summed E-state index contributed by atoms with van der Waals surface area (Å²) in [5.41, 5.74) is 0. The summed E-state index contributed by atoms with van der Waals surface area (Å²) in [4.78, 5) is 23.4. The Labute approximate surface area is 166 Å². The Bertz CT molecular complexity index is 407. The first-order valence-corrected chi connectivity index (χ1v) is 11.5. The molecule has 0 heterocycles. The molecule has 1 aliphatic rings. The fraction of sp³-hybridized carbons (Fsp3) is 0.913. The zero-order chi connectivity index (χ0) is 19.9. The van der Waals surface area contributed by atoms with Gasteiger partial charge in [-0.3, -0.25) is 9.59 Å². The highest BCUT2D eigenvalue weighted by Crippen LogP contribution is 2.30. The molecule has 0 aliphatic heterocycles. The van der Waals surface area contributed by atoms with Crippen LogP contribution >= 0.6 is 0 Å². The molecule has 0 radical (unpaired) electrons. The monoisotopic (exact) mass is 382 g/mol. The van der Waals surface area contributed by atoms with E-state index in [1.54, 1.807) is 0 Å². The van der Waals surface area contributed by atoms with Crippen molar-refractivity contribution in [3.05, 3.63) is 0 Å². The van der Waals surface area contributed by atoms with E-state index in [9.17, 15) is 9.59 Å². The third-order valence-electron chi connectivity index (χ3n) is 5.89. The topological polar surface area (TPSA) is 63.6 Å². The maximum Gasteiger partial charge on any atom is 0.309 e. The van der Waals surface area contributed by atoms with Crippen LogP contribution in [0.5, 0.6) is 0 Å². The van der Waals surface area contributed by atoms with Gasteiger partial charge in [-0.15, -0.1) is 0 Å². The van der Waals surface area contributed by atoms with Gasteiger partial charge in [-0.05, 0) is 39.0 Å². The number of carbonyl (C=O) groups excluding carboxylic acids is 1. The van der Waals surface area contributed by atoms with Gasteiger partial charge in [0.25, 0.3) is 0 Å². The van der Waals surface area contributed by atoms with Crippen LogP contribution in [-0.4, -0.2) is 23.1 Å². The van der Waals surface area contributed by atoms with Crippen LogP contribution in [-0.2, 0) is 14.3 Å². The Hall–Kier alpha value is -1.06. The zero-order valence-corrected chi connectivity index (χ0v) is 17.7. The van der Waals surface area contributed by atoms with Gasteiger partial charge in [0.1, 0.15) is 0 Å². The van der Waals surface area contributed by atoms with Crippen LogP contribution < -0.4 is 0 Å². The highest BCUT2D eigenvalue weighted by molar-refractivity contribution is 5.75. The fourth-order valence-electron chi connectivity index (χ4n) is 4.08. The quantitative estimate of drug-likeness (QED) is 0.259. The molecule has 0 aromatic carbocycles. The summed E-state index contributed by atoms with van der Waals surface area (Å²) in [6, 6.07) is 0. The van der Waals surface area contributed by atoms with Crippen molar-refractivity contribution in [1.29, 1.82) is 0 Å². The molecule has 1 rings (SSSR count). The lowest BCUT2D eigenvalue weighted by Gasteiger charge is -2.26. The predicted molar refractivity (Wildman–Crippen MR) is 110 cm³/mol. The van der Waals surface area contributed by atoms with Gasteiger partial charge in [0.15, 0.2) is 0 Å². The predicted octanol–water partition coefficient (Wildman–Crippen LogP) is 6.51. The minimum atomic E-state index is -0.776. The minimum absolute atomic E-state index is 0.0544. The molecular weight excluding hydrogens is 340 g/mol. The second-order valence-corrected chi connectivity index (χ2v) is 8.47. The summed E-state index contributed by atoms with van der Waals surface area (Å²) < 4.78 is 5.58. The van der Waals surface area contributed by atoms with E-state index in [-0.39, 0.29) is 23.9 Å². The lowest BCUT2D eigenvalue weighted by molar-refractivity contribution is -0.156. The molecule has 0 aromatic rings. The molecule has 3 unspecified atom stereocenters. The smallest absolute Gasteiger partial charge is 0.309 e. The van der Waals surface area contributed by atoms with Crippen LogP contribution in [0.25, 0.3) is 0 Å². The lowest BCUT2D eigenvalue weighted by Crippen LogP contribution is -2.30.